The first-order valence-corrected chi connectivity index (χ1v) is 2.76. The second-order valence-electron chi connectivity index (χ2n) is 0.419. The molecule has 0 saturated heterocycles. The van der Waals surface area contributed by atoms with E-state index in [4.69, 9.17) is 0 Å². The molecule has 0 N–H and O–H groups in total. The van der Waals surface area contributed by atoms with E-state index in [1.165, 1.54) is 0 Å². The zero-order valence-electron chi connectivity index (χ0n) is 3.82. The van der Waals surface area contributed by atoms with Crippen molar-refractivity contribution in [3.8, 4) is 0 Å². The van der Waals surface area contributed by atoms with E-state index >= 15 is 0 Å². The quantitative estimate of drug-likeness (QED) is 0.532. The Morgan fingerprint density at radius 1 is 1.43 bits per heavy atom. The maximum absolute atomic E-state index is 9.29. The molecule has 0 bridgehead atoms. The first-order chi connectivity index (χ1) is 2.27. The van der Waals surface area contributed by atoms with Crippen molar-refractivity contribution in [2.45, 2.75) is 3.74 Å². The van der Waals surface area contributed by atoms with Crippen LogP contribution in [-0.4, -0.2) is 10.0 Å². The van der Waals surface area contributed by atoms with Gasteiger partial charge in [0.05, 0.1) is 0 Å². The maximum Gasteiger partial charge on any atom is 0 e. The molecule has 0 unspecified atom stereocenters. The standard InChI is InChI=1S/C2HBr2O.CH3.Y/c3-2(4)1-5;;/h2H;1H3;/q2*-1;. The third-order valence-electron chi connectivity index (χ3n) is 0.0891. The summed E-state index contributed by atoms with van der Waals surface area (Å²) in [6.07, 6.45) is 1.61. The summed E-state index contributed by atoms with van der Waals surface area (Å²) in [6.45, 7) is 0. The molecular weight excluding hydrogens is 301 g/mol. The van der Waals surface area contributed by atoms with Crippen LogP contribution in [-0.2, 0) is 37.5 Å². The zero-order chi connectivity index (χ0) is 4.28. The van der Waals surface area contributed by atoms with E-state index in [9.17, 15) is 4.79 Å². The van der Waals surface area contributed by atoms with Gasteiger partial charge in [0.25, 0.3) is 0 Å². The van der Waals surface area contributed by atoms with Crippen LogP contribution in [0.2, 0.25) is 0 Å². The first kappa shape index (κ1) is 15.9. The number of alkyl halides is 2. The van der Waals surface area contributed by atoms with Crippen LogP contribution in [0.15, 0.2) is 0 Å². The Labute approximate surface area is 85.8 Å². The molecule has 0 aliphatic rings. The van der Waals surface area contributed by atoms with Gasteiger partial charge in [-0.3, -0.25) is 0 Å². The second kappa shape index (κ2) is 10.7. The molecule has 0 fully saturated rings. The third-order valence-corrected chi connectivity index (χ3v) is 0.463. The Morgan fingerprint density at radius 3 is 1.57 bits per heavy atom. The summed E-state index contributed by atoms with van der Waals surface area (Å²) in [5, 5.41) is 0. The fourth-order valence-corrected chi connectivity index (χ4v) is 0. The molecule has 0 aliphatic carbocycles. The van der Waals surface area contributed by atoms with Gasteiger partial charge in [-0.05, 0) is 3.74 Å². The predicted octanol–water partition coefficient (Wildman–Crippen LogP) is 1.66. The summed E-state index contributed by atoms with van der Waals surface area (Å²) in [5.74, 6) is 0. The van der Waals surface area contributed by atoms with Gasteiger partial charge in [-0.1, -0.05) is 0 Å². The first-order valence-electron chi connectivity index (χ1n) is 0.929. The Hall–Kier alpha value is 1.73. The van der Waals surface area contributed by atoms with Crippen LogP contribution in [0.25, 0.3) is 0 Å². The van der Waals surface area contributed by atoms with Gasteiger partial charge < -0.3 is 12.2 Å². The Balaban J connectivity index is -0.0000000800. The molecule has 0 aromatic heterocycles. The summed E-state index contributed by atoms with van der Waals surface area (Å²) in [4.78, 5) is 9.29. The Bertz CT molecular complexity index is 39.9. The molecule has 0 saturated carbocycles. The number of hydrogen-bond donors (Lipinski definition) is 0. The topological polar surface area (TPSA) is 17.1 Å². The molecule has 0 heterocycles. The number of hydrogen-bond acceptors (Lipinski definition) is 1. The molecule has 0 amide bonds. The van der Waals surface area contributed by atoms with Crippen LogP contribution in [0, 0.1) is 7.43 Å². The van der Waals surface area contributed by atoms with Crippen LogP contribution in [0.1, 0.15) is 0 Å². The van der Waals surface area contributed by atoms with Gasteiger partial charge in [0, 0.05) is 32.7 Å². The van der Waals surface area contributed by atoms with Gasteiger partial charge in [-0.15, -0.1) is 31.9 Å². The number of halogens is 2. The van der Waals surface area contributed by atoms with Crippen molar-refractivity contribution in [3.63, 3.8) is 0 Å². The van der Waals surface area contributed by atoms with E-state index in [0.29, 0.717) is 0 Å². The molecule has 7 heavy (non-hydrogen) atoms. The molecule has 0 rings (SSSR count). The minimum Gasteiger partial charge on any atom is -0.540 e. The number of carbonyl (C=O) groups excluding carboxylic acids is 1. The van der Waals surface area contributed by atoms with Crippen molar-refractivity contribution in [2.75, 3.05) is 0 Å². The van der Waals surface area contributed by atoms with Crippen molar-refractivity contribution in [1.82, 2.24) is 0 Å². The van der Waals surface area contributed by atoms with E-state index in [1.807, 2.05) is 0 Å². The van der Waals surface area contributed by atoms with Crippen LogP contribution >= 0.6 is 31.9 Å². The largest absolute Gasteiger partial charge is 0.540 e. The van der Waals surface area contributed by atoms with Crippen LogP contribution in [0.3, 0.4) is 0 Å². The number of rotatable bonds is 1. The minimum atomic E-state index is -0.296. The van der Waals surface area contributed by atoms with Gasteiger partial charge in [0.1, 0.15) is 0 Å². The average molecular weight is 305 g/mol. The molecule has 41 valence electrons. The van der Waals surface area contributed by atoms with Gasteiger partial charge in [0.15, 0.2) is 0 Å². The average Bonchev–Trinajstić information content (AvgIpc) is 1.38. The van der Waals surface area contributed by atoms with E-state index < -0.39 is 0 Å². The zero-order valence-corrected chi connectivity index (χ0v) is 9.83. The van der Waals surface area contributed by atoms with Crippen molar-refractivity contribution in [2.24, 2.45) is 0 Å². The Kier molecular flexibility index (Phi) is 24.2. The van der Waals surface area contributed by atoms with Crippen molar-refractivity contribution >= 4 is 38.1 Å². The van der Waals surface area contributed by atoms with Crippen LogP contribution in [0.5, 0.6) is 0 Å². The smallest absolute Gasteiger partial charge is 0 e. The summed E-state index contributed by atoms with van der Waals surface area (Å²) >= 11 is 5.73. The fourth-order valence-electron chi connectivity index (χ4n) is 0. The third kappa shape index (κ3) is 18.2. The fraction of sp³-hybridized carbons (Fsp3) is 0.333. The molecule has 0 aliphatic heterocycles. The van der Waals surface area contributed by atoms with Crippen molar-refractivity contribution in [3.05, 3.63) is 7.43 Å². The summed E-state index contributed by atoms with van der Waals surface area (Å²) in [5.41, 5.74) is 0. The molecule has 1 radical (unpaired) electrons. The molecule has 1 nitrogen and oxygen atoms in total. The van der Waals surface area contributed by atoms with E-state index in [1.54, 1.807) is 6.29 Å². The second-order valence-corrected chi connectivity index (χ2v) is 3.48. The van der Waals surface area contributed by atoms with Crippen LogP contribution < -0.4 is 0 Å². The SMILES string of the molecule is O=[C-]C(Br)Br.[CH3-].[Y]. The van der Waals surface area contributed by atoms with Gasteiger partial charge in [0.2, 0.25) is 0 Å². The van der Waals surface area contributed by atoms with Crippen molar-refractivity contribution < 1.29 is 37.5 Å². The molecule has 0 aromatic carbocycles. The van der Waals surface area contributed by atoms with Crippen LogP contribution in [0.4, 0.5) is 0 Å². The molecule has 0 atom stereocenters. The minimum absolute atomic E-state index is 0. The van der Waals surface area contributed by atoms with Crippen molar-refractivity contribution in [1.29, 1.82) is 0 Å². The van der Waals surface area contributed by atoms with E-state index in [2.05, 4.69) is 31.9 Å². The molecule has 0 spiro atoms. The monoisotopic (exact) mass is 303 g/mol. The van der Waals surface area contributed by atoms with E-state index in [0.717, 1.165) is 0 Å². The summed E-state index contributed by atoms with van der Waals surface area (Å²) in [6, 6.07) is 0. The molecule has 4 heteroatoms. The molecular formula is C3H4Br2OY-2. The van der Waals surface area contributed by atoms with Gasteiger partial charge >= 0.3 is 0 Å². The Morgan fingerprint density at radius 2 is 1.57 bits per heavy atom. The summed E-state index contributed by atoms with van der Waals surface area (Å²) in [7, 11) is 0. The van der Waals surface area contributed by atoms with Gasteiger partial charge in [-0.2, -0.15) is 0 Å². The maximum atomic E-state index is 9.29. The molecule has 0 aromatic rings. The predicted molar refractivity (Wildman–Crippen MR) is 33.7 cm³/mol. The van der Waals surface area contributed by atoms with Gasteiger partial charge in [-0.25, -0.2) is 6.29 Å². The van der Waals surface area contributed by atoms with E-state index in [-0.39, 0.29) is 43.9 Å². The summed E-state index contributed by atoms with van der Waals surface area (Å²) < 4.78 is -0.296. The normalized spacial score (nSPS) is 6.14.